The van der Waals surface area contributed by atoms with Gasteiger partial charge in [-0.1, -0.05) is 23.7 Å². The third-order valence-corrected chi connectivity index (χ3v) is 6.79. The number of methoxy groups -OCH3 is 1. The summed E-state index contributed by atoms with van der Waals surface area (Å²) in [6.45, 7) is 4.22. The highest BCUT2D eigenvalue weighted by molar-refractivity contribution is 7.10. The molecule has 0 saturated carbocycles. The van der Waals surface area contributed by atoms with Gasteiger partial charge in [-0.05, 0) is 61.2 Å². The highest BCUT2D eigenvalue weighted by atomic mass is 35.5. The van der Waals surface area contributed by atoms with E-state index in [4.69, 9.17) is 21.1 Å². The molecule has 1 saturated heterocycles. The molecule has 1 atom stereocenters. The van der Waals surface area contributed by atoms with Crippen LogP contribution in [0.2, 0.25) is 5.02 Å². The quantitative estimate of drug-likeness (QED) is 0.275. The van der Waals surface area contributed by atoms with Gasteiger partial charge in [-0.25, -0.2) is 0 Å². The number of carbonyl (C=O) groups excluding carboxylic acids is 2. The van der Waals surface area contributed by atoms with Gasteiger partial charge in [0.2, 0.25) is 0 Å². The summed E-state index contributed by atoms with van der Waals surface area (Å²) in [5.41, 5.74) is 1.75. The minimum Gasteiger partial charge on any atom is -0.507 e. The Bertz CT molecular complexity index is 1270. The molecule has 1 unspecified atom stereocenters. The van der Waals surface area contributed by atoms with E-state index >= 15 is 0 Å². The van der Waals surface area contributed by atoms with Crippen LogP contribution in [-0.2, 0) is 9.59 Å². The number of carbonyl (C=O) groups is 2. The molecule has 0 aliphatic carbocycles. The van der Waals surface area contributed by atoms with Crippen molar-refractivity contribution in [3.05, 3.63) is 80.5 Å². The minimum atomic E-state index is -0.801. The Labute approximate surface area is 200 Å². The monoisotopic (exact) mass is 483 g/mol. The van der Waals surface area contributed by atoms with Gasteiger partial charge in [-0.2, -0.15) is 0 Å². The van der Waals surface area contributed by atoms with Crippen LogP contribution >= 0.6 is 22.9 Å². The molecule has 1 amide bonds. The summed E-state index contributed by atoms with van der Waals surface area (Å²) in [4.78, 5) is 28.6. The molecule has 1 aliphatic rings. The smallest absolute Gasteiger partial charge is 0.300 e. The molecule has 8 heteroatoms. The predicted octanol–water partition coefficient (Wildman–Crippen LogP) is 5.74. The van der Waals surface area contributed by atoms with Gasteiger partial charge in [-0.3, -0.25) is 14.5 Å². The number of nitrogens with zero attached hydrogens (tertiary/aromatic N) is 1. The van der Waals surface area contributed by atoms with E-state index in [0.29, 0.717) is 34.4 Å². The van der Waals surface area contributed by atoms with Crippen LogP contribution in [0.25, 0.3) is 5.76 Å². The maximum Gasteiger partial charge on any atom is 0.300 e. The molecule has 4 rings (SSSR count). The standard InChI is InChI=1S/C25H22ClNO5S/c1-4-32-17-7-5-6-15(12-17)22(28)20-21(24-14(2)10-11-33-24)27(25(30)23(20)29)16-8-9-19(31-3)18(26)13-16/h5-13,21,28H,4H2,1-3H3/b22-20-. The molecule has 1 N–H and O–H groups in total. The largest absolute Gasteiger partial charge is 0.507 e. The lowest BCUT2D eigenvalue weighted by Crippen LogP contribution is -2.29. The third kappa shape index (κ3) is 4.10. The van der Waals surface area contributed by atoms with Gasteiger partial charge in [0.15, 0.2) is 0 Å². The number of amides is 1. The van der Waals surface area contributed by atoms with Crippen LogP contribution in [0.1, 0.15) is 29.0 Å². The van der Waals surface area contributed by atoms with Crippen molar-refractivity contribution >= 4 is 46.1 Å². The zero-order chi connectivity index (χ0) is 23.7. The van der Waals surface area contributed by atoms with Crippen LogP contribution in [0.15, 0.2) is 59.5 Å². The molecule has 0 radical (unpaired) electrons. The average Bonchev–Trinajstić information content (AvgIpc) is 3.34. The number of ketones is 1. The molecule has 0 bridgehead atoms. The lowest BCUT2D eigenvalue weighted by atomic mass is 9.98. The zero-order valence-electron chi connectivity index (χ0n) is 18.3. The van der Waals surface area contributed by atoms with E-state index in [1.165, 1.54) is 23.3 Å². The van der Waals surface area contributed by atoms with Crippen molar-refractivity contribution in [3.63, 3.8) is 0 Å². The van der Waals surface area contributed by atoms with Gasteiger partial charge >= 0.3 is 0 Å². The Kier molecular flexibility index (Phi) is 6.44. The van der Waals surface area contributed by atoms with Crippen LogP contribution in [0.3, 0.4) is 0 Å². The summed E-state index contributed by atoms with van der Waals surface area (Å²) < 4.78 is 10.7. The number of anilines is 1. The number of rotatable bonds is 6. The van der Waals surface area contributed by atoms with Gasteiger partial charge in [0.05, 0.1) is 24.3 Å². The fourth-order valence-corrected chi connectivity index (χ4v) is 5.15. The summed E-state index contributed by atoms with van der Waals surface area (Å²) in [5, 5.41) is 13.4. The van der Waals surface area contributed by atoms with Gasteiger partial charge in [0, 0.05) is 16.1 Å². The van der Waals surface area contributed by atoms with Crippen molar-refractivity contribution < 1.29 is 24.2 Å². The summed E-state index contributed by atoms with van der Waals surface area (Å²) in [6.07, 6.45) is 0. The second kappa shape index (κ2) is 9.29. The number of halogens is 1. The van der Waals surface area contributed by atoms with E-state index < -0.39 is 17.7 Å². The van der Waals surface area contributed by atoms with Crippen molar-refractivity contribution in [2.45, 2.75) is 19.9 Å². The Morgan fingerprint density at radius 2 is 1.97 bits per heavy atom. The Balaban J connectivity index is 1.92. The van der Waals surface area contributed by atoms with Crippen molar-refractivity contribution in [1.29, 1.82) is 0 Å². The van der Waals surface area contributed by atoms with Crippen molar-refractivity contribution in [2.24, 2.45) is 0 Å². The lowest BCUT2D eigenvalue weighted by Gasteiger charge is -2.25. The fraction of sp³-hybridized carbons (Fsp3) is 0.200. The number of ether oxygens (including phenoxy) is 2. The second-order valence-electron chi connectivity index (χ2n) is 7.42. The molecule has 2 heterocycles. The highest BCUT2D eigenvalue weighted by Crippen LogP contribution is 2.46. The summed E-state index contributed by atoms with van der Waals surface area (Å²) in [5.74, 6) is -0.749. The maximum absolute atomic E-state index is 13.2. The Hall–Kier alpha value is -3.29. The number of hydrogen-bond acceptors (Lipinski definition) is 6. The molecule has 1 fully saturated rings. The first-order chi connectivity index (χ1) is 15.9. The molecule has 170 valence electrons. The number of aryl methyl sites for hydroxylation is 1. The second-order valence-corrected chi connectivity index (χ2v) is 8.77. The molecule has 1 aliphatic heterocycles. The van der Waals surface area contributed by atoms with E-state index in [1.54, 1.807) is 42.5 Å². The Morgan fingerprint density at radius 3 is 2.61 bits per heavy atom. The summed E-state index contributed by atoms with van der Waals surface area (Å²) in [6, 6.07) is 12.8. The topological polar surface area (TPSA) is 76.1 Å². The average molecular weight is 484 g/mol. The molecular formula is C25H22ClNO5S. The molecule has 6 nitrogen and oxygen atoms in total. The van der Waals surface area contributed by atoms with Gasteiger partial charge in [0.25, 0.3) is 11.7 Å². The van der Waals surface area contributed by atoms with Gasteiger partial charge < -0.3 is 14.6 Å². The van der Waals surface area contributed by atoms with Crippen LogP contribution in [0, 0.1) is 6.92 Å². The summed E-state index contributed by atoms with van der Waals surface area (Å²) in [7, 11) is 1.50. The number of hydrogen-bond donors (Lipinski definition) is 1. The number of benzene rings is 2. The van der Waals surface area contributed by atoms with Crippen molar-refractivity contribution in [1.82, 2.24) is 0 Å². The van der Waals surface area contributed by atoms with Crippen molar-refractivity contribution in [2.75, 3.05) is 18.6 Å². The zero-order valence-corrected chi connectivity index (χ0v) is 19.9. The third-order valence-electron chi connectivity index (χ3n) is 5.43. The maximum atomic E-state index is 13.2. The number of Topliss-reactive ketones (excluding diaryl/α,β-unsaturated/α-hetero) is 1. The molecule has 2 aromatic carbocycles. The fourth-order valence-electron chi connectivity index (χ4n) is 3.87. The van der Waals surface area contributed by atoms with Crippen molar-refractivity contribution in [3.8, 4) is 11.5 Å². The van der Waals surface area contributed by atoms with Gasteiger partial charge in [0.1, 0.15) is 23.3 Å². The molecule has 0 spiro atoms. The van der Waals surface area contributed by atoms with Crippen LogP contribution in [0.5, 0.6) is 11.5 Å². The molecular weight excluding hydrogens is 462 g/mol. The lowest BCUT2D eigenvalue weighted by molar-refractivity contribution is -0.132. The van der Waals surface area contributed by atoms with E-state index in [0.717, 1.165) is 10.4 Å². The van der Waals surface area contributed by atoms with Crippen LogP contribution < -0.4 is 14.4 Å². The van der Waals surface area contributed by atoms with Crippen LogP contribution in [0.4, 0.5) is 5.69 Å². The SMILES string of the molecule is CCOc1cccc(/C(O)=C2/C(=O)C(=O)N(c3ccc(OC)c(Cl)c3)C2c2sccc2C)c1. The normalized spacial score (nSPS) is 17.5. The molecule has 33 heavy (non-hydrogen) atoms. The van der Waals surface area contributed by atoms with Gasteiger partial charge in [-0.15, -0.1) is 11.3 Å². The number of aliphatic hydroxyl groups excluding tert-OH is 1. The van der Waals surface area contributed by atoms with Crippen LogP contribution in [-0.4, -0.2) is 30.5 Å². The molecule has 3 aromatic rings. The Morgan fingerprint density at radius 1 is 1.18 bits per heavy atom. The van der Waals surface area contributed by atoms with E-state index in [2.05, 4.69) is 0 Å². The predicted molar refractivity (Wildman–Crippen MR) is 129 cm³/mol. The number of thiophene rings is 1. The van der Waals surface area contributed by atoms with E-state index in [1.807, 2.05) is 25.3 Å². The summed E-state index contributed by atoms with van der Waals surface area (Å²) >= 11 is 7.73. The first kappa shape index (κ1) is 22.9. The molecule has 1 aromatic heterocycles. The first-order valence-electron chi connectivity index (χ1n) is 10.3. The van der Waals surface area contributed by atoms with E-state index in [9.17, 15) is 14.7 Å². The highest BCUT2D eigenvalue weighted by Gasteiger charge is 2.48. The first-order valence-corrected chi connectivity index (χ1v) is 11.5. The van der Waals surface area contributed by atoms with E-state index in [-0.39, 0.29) is 11.3 Å². The number of aliphatic hydroxyl groups is 1. The minimum absolute atomic E-state index is 0.0196.